The lowest BCUT2D eigenvalue weighted by atomic mass is 9.66. The molecule has 178 valence electrons. The van der Waals surface area contributed by atoms with Crippen molar-refractivity contribution in [3.05, 3.63) is 57.8 Å². The summed E-state index contributed by atoms with van der Waals surface area (Å²) in [4.78, 5) is 36.2. The van der Waals surface area contributed by atoms with E-state index >= 15 is 0 Å². The van der Waals surface area contributed by atoms with E-state index in [-0.39, 0.29) is 17.1 Å². The fraction of sp³-hybridized carbons (Fsp3) is 0.385. The highest BCUT2D eigenvalue weighted by molar-refractivity contribution is 9.10. The molecular weight excluding hydrogens is 498 g/mol. The number of para-hydroxylation sites is 1. The van der Waals surface area contributed by atoms with Crippen molar-refractivity contribution >= 4 is 39.1 Å². The lowest BCUT2D eigenvalue weighted by Crippen LogP contribution is -2.41. The molecule has 1 aromatic carbocycles. The number of nitrogens with zero attached hydrogens (tertiary/aromatic N) is 2. The number of ether oxygens (including phenoxy) is 2. The summed E-state index contributed by atoms with van der Waals surface area (Å²) in [5, 5.41) is 2.90. The van der Waals surface area contributed by atoms with Gasteiger partial charge in [-0.2, -0.15) is 0 Å². The first kappa shape index (κ1) is 24.1. The largest absolute Gasteiger partial charge is 0.493 e. The second-order valence-corrected chi connectivity index (χ2v) is 10.4. The molecule has 2 aromatic rings. The van der Waals surface area contributed by atoms with Gasteiger partial charge in [0.15, 0.2) is 17.3 Å². The summed E-state index contributed by atoms with van der Waals surface area (Å²) in [7, 11) is 3.13. The van der Waals surface area contributed by atoms with Gasteiger partial charge in [0, 0.05) is 45.6 Å². The third kappa shape index (κ3) is 4.51. The fourth-order valence-corrected chi connectivity index (χ4v) is 5.17. The van der Waals surface area contributed by atoms with E-state index in [4.69, 9.17) is 14.5 Å². The molecule has 1 amide bonds. The van der Waals surface area contributed by atoms with Gasteiger partial charge >= 0.3 is 0 Å². The molecule has 2 heterocycles. The number of anilines is 1. The number of aliphatic imine (C=N–C) groups is 1. The van der Waals surface area contributed by atoms with E-state index < -0.39 is 11.8 Å². The number of halogens is 1. The van der Waals surface area contributed by atoms with Crippen LogP contribution in [0.3, 0.4) is 0 Å². The number of Topliss-reactive ketones (excluding diaryl/α,β-unsaturated/α-hetero) is 1. The zero-order chi connectivity index (χ0) is 24.6. The highest BCUT2D eigenvalue weighted by Gasteiger charge is 2.46. The van der Waals surface area contributed by atoms with Crippen LogP contribution in [0, 0.1) is 11.3 Å². The molecule has 2 aliphatic rings. The Kier molecular flexibility index (Phi) is 6.62. The maximum Gasteiger partial charge on any atom is 0.235 e. The Morgan fingerprint density at radius 1 is 1.15 bits per heavy atom. The van der Waals surface area contributed by atoms with Crippen molar-refractivity contribution in [1.29, 1.82) is 0 Å². The van der Waals surface area contributed by atoms with Crippen LogP contribution in [-0.4, -0.2) is 36.6 Å². The van der Waals surface area contributed by atoms with Crippen molar-refractivity contribution in [2.24, 2.45) is 16.3 Å². The van der Waals surface area contributed by atoms with Crippen LogP contribution in [0.5, 0.6) is 11.5 Å². The Morgan fingerprint density at radius 2 is 1.91 bits per heavy atom. The van der Waals surface area contributed by atoms with Gasteiger partial charge in [-0.25, -0.2) is 4.98 Å². The van der Waals surface area contributed by atoms with Crippen molar-refractivity contribution in [2.75, 3.05) is 19.5 Å². The third-order valence-corrected chi connectivity index (χ3v) is 6.80. The summed E-state index contributed by atoms with van der Waals surface area (Å²) in [6.07, 6.45) is 2.68. The molecule has 0 fully saturated rings. The summed E-state index contributed by atoms with van der Waals surface area (Å²) < 4.78 is 12.1. The standard InChI is InChI=1S/C26H28BrN3O4/c1-14-21(25(32)30-20-10-9-15(27)13-28-20)22(16-7-6-8-19(33-4)24(16)34-5)23-17(29-14)11-26(2,3)12-18(23)31/h6-10,13,21-22H,11-12H2,1-5H3,(H,28,30,32)/t21?,22-/m1/s1. The average molecular weight is 526 g/mol. The Morgan fingerprint density at radius 3 is 2.56 bits per heavy atom. The second-order valence-electron chi connectivity index (χ2n) is 9.44. The topological polar surface area (TPSA) is 89.9 Å². The van der Waals surface area contributed by atoms with Crippen molar-refractivity contribution in [2.45, 2.75) is 39.5 Å². The zero-order valence-corrected chi connectivity index (χ0v) is 21.5. The molecule has 1 N–H and O–H groups in total. The van der Waals surface area contributed by atoms with E-state index in [1.165, 1.54) is 0 Å². The van der Waals surface area contributed by atoms with Gasteiger partial charge in [-0.1, -0.05) is 26.0 Å². The predicted molar refractivity (Wildman–Crippen MR) is 135 cm³/mol. The van der Waals surface area contributed by atoms with Gasteiger partial charge < -0.3 is 14.8 Å². The molecule has 0 saturated heterocycles. The number of aromatic nitrogens is 1. The molecule has 4 rings (SSSR count). The highest BCUT2D eigenvalue weighted by atomic mass is 79.9. The molecule has 1 aromatic heterocycles. The van der Waals surface area contributed by atoms with Crippen molar-refractivity contribution in [3.63, 3.8) is 0 Å². The van der Waals surface area contributed by atoms with Crippen LogP contribution < -0.4 is 14.8 Å². The minimum Gasteiger partial charge on any atom is -0.493 e. The number of nitrogens with one attached hydrogen (secondary N) is 1. The first-order valence-corrected chi connectivity index (χ1v) is 11.9. The van der Waals surface area contributed by atoms with Crippen molar-refractivity contribution < 1.29 is 19.1 Å². The monoisotopic (exact) mass is 525 g/mol. The van der Waals surface area contributed by atoms with E-state index in [1.54, 1.807) is 38.6 Å². The number of carbonyl (C=O) groups is 2. The van der Waals surface area contributed by atoms with Gasteiger partial charge in [0.05, 0.1) is 20.1 Å². The summed E-state index contributed by atoms with van der Waals surface area (Å²) in [5.74, 6) is -0.0688. The number of methoxy groups -OCH3 is 2. The second kappa shape index (κ2) is 9.33. The van der Waals surface area contributed by atoms with Crippen LogP contribution in [-0.2, 0) is 9.59 Å². The number of benzene rings is 1. The molecular formula is C26H28BrN3O4. The molecule has 7 nitrogen and oxygen atoms in total. The minimum atomic E-state index is -0.713. The zero-order valence-electron chi connectivity index (χ0n) is 19.9. The Balaban J connectivity index is 1.86. The van der Waals surface area contributed by atoms with E-state index in [1.807, 2.05) is 19.1 Å². The number of pyridine rings is 1. The van der Waals surface area contributed by atoms with E-state index in [0.717, 1.165) is 15.7 Å². The summed E-state index contributed by atoms with van der Waals surface area (Å²) in [5.41, 5.74) is 2.51. The first-order valence-electron chi connectivity index (χ1n) is 11.1. The number of hydrogen-bond donors (Lipinski definition) is 1. The van der Waals surface area contributed by atoms with E-state index in [2.05, 4.69) is 40.1 Å². The molecule has 0 saturated carbocycles. The first-order chi connectivity index (χ1) is 16.1. The minimum absolute atomic E-state index is 0.0111. The van der Waals surface area contributed by atoms with Crippen LogP contribution in [0.15, 0.2) is 57.3 Å². The SMILES string of the molecule is COc1cccc([C@H]2C3=C(CC(C)(C)CC3=O)N=C(C)C2C(=O)Nc2ccc(Br)cn2)c1OC. The van der Waals surface area contributed by atoms with Crippen LogP contribution in [0.25, 0.3) is 0 Å². The number of allylic oxidation sites excluding steroid dienone is 2. The fourth-order valence-electron chi connectivity index (χ4n) is 4.93. The Hall–Kier alpha value is -3.00. The number of rotatable bonds is 5. The van der Waals surface area contributed by atoms with Gasteiger partial charge in [-0.15, -0.1) is 0 Å². The Labute approximate surface area is 207 Å². The lowest BCUT2D eigenvalue weighted by molar-refractivity contribution is -0.119. The van der Waals surface area contributed by atoms with Gasteiger partial charge in [0.25, 0.3) is 0 Å². The average Bonchev–Trinajstić information content (AvgIpc) is 2.78. The van der Waals surface area contributed by atoms with Gasteiger partial charge in [0.1, 0.15) is 5.82 Å². The maximum atomic E-state index is 13.7. The van der Waals surface area contributed by atoms with Crippen LogP contribution in [0.1, 0.15) is 45.1 Å². The number of amides is 1. The van der Waals surface area contributed by atoms with Crippen molar-refractivity contribution in [3.8, 4) is 11.5 Å². The molecule has 8 heteroatoms. The molecule has 0 bridgehead atoms. The maximum absolute atomic E-state index is 13.7. The van der Waals surface area contributed by atoms with E-state index in [0.29, 0.717) is 41.4 Å². The predicted octanol–water partition coefficient (Wildman–Crippen LogP) is 5.32. The molecule has 1 aliphatic heterocycles. The molecule has 34 heavy (non-hydrogen) atoms. The third-order valence-electron chi connectivity index (χ3n) is 6.33. The smallest absolute Gasteiger partial charge is 0.235 e. The Bertz CT molecular complexity index is 1200. The molecule has 0 spiro atoms. The van der Waals surface area contributed by atoms with Gasteiger partial charge in [-0.05, 0) is 52.9 Å². The van der Waals surface area contributed by atoms with Crippen LogP contribution >= 0.6 is 15.9 Å². The highest BCUT2D eigenvalue weighted by Crippen LogP contribution is 2.50. The summed E-state index contributed by atoms with van der Waals surface area (Å²) >= 11 is 3.36. The molecule has 1 aliphatic carbocycles. The van der Waals surface area contributed by atoms with Crippen molar-refractivity contribution in [1.82, 2.24) is 4.98 Å². The van der Waals surface area contributed by atoms with Gasteiger partial charge in [0.2, 0.25) is 5.91 Å². The van der Waals surface area contributed by atoms with Gasteiger partial charge in [-0.3, -0.25) is 14.6 Å². The van der Waals surface area contributed by atoms with Crippen LogP contribution in [0.2, 0.25) is 0 Å². The molecule has 0 radical (unpaired) electrons. The quantitative estimate of drug-likeness (QED) is 0.570. The molecule has 1 unspecified atom stereocenters. The lowest BCUT2D eigenvalue weighted by Gasteiger charge is -2.39. The summed E-state index contributed by atoms with van der Waals surface area (Å²) in [6.45, 7) is 5.98. The van der Waals surface area contributed by atoms with E-state index in [9.17, 15) is 9.59 Å². The summed E-state index contributed by atoms with van der Waals surface area (Å²) in [6, 6.07) is 9.06. The number of carbonyl (C=O) groups excluding carboxylic acids is 2. The van der Waals surface area contributed by atoms with Crippen LogP contribution in [0.4, 0.5) is 5.82 Å². The molecule has 2 atom stereocenters. The number of hydrogen-bond acceptors (Lipinski definition) is 6. The number of ketones is 1. The normalized spacial score (nSPS) is 21.5.